The molecular weight excluding hydrogens is 386 g/mol. The van der Waals surface area contributed by atoms with Crippen molar-refractivity contribution in [2.75, 3.05) is 24.9 Å². The molecule has 0 aliphatic heterocycles. The quantitative estimate of drug-likeness (QED) is 0.447. The summed E-state index contributed by atoms with van der Waals surface area (Å²) in [5, 5.41) is 5.21. The molecule has 3 aromatic rings. The number of urea groups is 1. The van der Waals surface area contributed by atoms with Gasteiger partial charge in [-0.25, -0.2) is 4.79 Å². The number of hydrogen-bond acceptors (Lipinski definition) is 6. The first-order valence-electron chi connectivity index (χ1n) is 9.00. The van der Waals surface area contributed by atoms with Crippen LogP contribution < -0.4 is 31.0 Å². The Morgan fingerprint density at radius 3 is 2.40 bits per heavy atom. The predicted molar refractivity (Wildman–Crippen MR) is 113 cm³/mol. The number of carbonyl (C=O) groups excluding carboxylic acids is 2. The number of nitrogens with zero attached hydrogens (tertiary/aromatic N) is 1. The summed E-state index contributed by atoms with van der Waals surface area (Å²) in [4.78, 5) is 27.7. The number of hydrogen-bond donors (Lipinski definition) is 4. The number of benzene rings is 2. The molecule has 0 spiro atoms. The number of amides is 3. The van der Waals surface area contributed by atoms with E-state index in [0.29, 0.717) is 28.6 Å². The molecule has 0 bridgehead atoms. The summed E-state index contributed by atoms with van der Waals surface area (Å²) in [6.45, 7) is 0. The van der Waals surface area contributed by atoms with Crippen LogP contribution >= 0.6 is 0 Å². The summed E-state index contributed by atoms with van der Waals surface area (Å²) in [5.41, 5.74) is 6.84. The number of methoxy groups -OCH3 is 1. The number of rotatable bonds is 7. The molecule has 2 aromatic carbocycles. The first-order chi connectivity index (χ1) is 14.6. The van der Waals surface area contributed by atoms with Gasteiger partial charge < -0.3 is 20.1 Å². The van der Waals surface area contributed by atoms with E-state index in [-0.39, 0.29) is 11.6 Å². The van der Waals surface area contributed by atoms with Gasteiger partial charge >= 0.3 is 6.03 Å². The number of anilines is 2. The third kappa shape index (κ3) is 5.61. The van der Waals surface area contributed by atoms with Gasteiger partial charge in [-0.05, 0) is 42.5 Å². The number of aromatic nitrogens is 1. The van der Waals surface area contributed by atoms with E-state index in [1.54, 1.807) is 67.8 Å². The van der Waals surface area contributed by atoms with Crippen LogP contribution in [0.5, 0.6) is 17.2 Å². The molecule has 0 radical (unpaired) electrons. The topological polar surface area (TPSA) is 114 Å². The van der Waals surface area contributed by atoms with Crippen LogP contribution in [0.25, 0.3) is 0 Å². The van der Waals surface area contributed by atoms with Crippen LogP contribution in [0.1, 0.15) is 10.5 Å². The van der Waals surface area contributed by atoms with Crippen LogP contribution in [0.3, 0.4) is 0 Å². The van der Waals surface area contributed by atoms with E-state index < -0.39 is 6.03 Å². The molecule has 0 unspecified atom stereocenters. The molecular formula is C21H21N5O4. The van der Waals surface area contributed by atoms with E-state index in [4.69, 9.17) is 9.47 Å². The van der Waals surface area contributed by atoms with Crippen molar-refractivity contribution in [1.82, 2.24) is 15.7 Å². The van der Waals surface area contributed by atoms with Gasteiger partial charge in [-0.1, -0.05) is 6.07 Å². The maximum Gasteiger partial charge on any atom is 0.337 e. The molecule has 0 saturated carbocycles. The van der Waals surface area contributed by atoms with Crippen molar-refractivity contribution >= 4 is 23.3 Å². The Balaban J connectivity index is 1.57. The molecule has 1 aromatic heterocycles. The summed E-state index contributed by atoms with van der Waals surface area (Å²) < 4.78 is 10.9. The molecule has 9 nitrogen and oxygen atoms in total. The standard InChI is InChI=1S/C21H21N5O4/c1-22-20(27)19-13-18(10-11-23-19)30-17-5-3-4-15(12-17)25-26-21(28)24-14-6-8-16(29-2)9-7-14/h3-13,25H,1-2H3,(H,22,27)(H2,24,26,28). The Morgan fingerprint density at radius 2 is 1.67 bits per heavy atom. The highest BCUT2D eigenvalue weighted by atomic mass is 16.5. The van der Waals surface area contributed by atoms with Crippen LogP contribution in [-0.4, -0.2) is 31.1 Å². The van der Waals surface area contributed by atoms with E-state index >= 15 is 0 Å². The average Bonchev–Trinajstić information content (AvgIpc) is 2.78. The summed E-state index contributed by atoms with van der Waals surface area (Å²) in [6.07, 6.45) is 1.49. The third-order valence-corrected chi connectivity index (χ3v) is 3.93. The molecule has 3 rings (SSSR count). The van der Waals surface area contributed by atoms with E-state index in [1.165, 1.54) is 13.2 Å². The maximum atomic E-state index is 12.1. The lowest BCUT2D eigenvalue weighted by Gasteiger charge is -2.12. The molecule has 0 aliphatic carbocycles. The highest BCUT2D eigenvalue weighted by Crippen LogP contribution is 2.24. The fourth-order valence-electron chi connectivity index (χ4n) is 2.47. The van der Waals surface area contributed by atoms with E-state index in [1.807, 2.05) is 0 Å². The van der Waals surface area contributed by atoms with Gasteiger partial charge in [-0.15, -0.1) is 0 Å². The number of nitrogens with one attached hydrogen (secondary N) is 4. The summed E-state index contributed by atoms with van der Waals surface area (Å²) in [6, 6.07) is 16.7. The van der Waals surface area contributed by atoms with Crippen LogP contribution in [0.15, 0.2) is 66.9 Å². The fraction of sp³-hybridized carbons (Fsp3) is 0.0952. The van der Waals surface area contributed by atoms with Crippen molar-refractivity contribution < 1.29 is 19.1 Å². The third-order valence-electron chi connectivity index (χ3n) is 3.93. The maximum absolute atomic E-state index is 12.1. The average molecular weight is 407 g/mol. The molecule has 154 valence electrons. The van der Waals surface area contributed by atoms with Crippen LogP contribution in [0.2, 0.25) is 0 Å². The second-order valence-corrected chi connectivity index (χ2v) is 6.02. The Bertz CT molecular complexity index is 1020. The lowest BCUT2D eigenvalue weighted by atomic mass is 10.3. The van der Waals surface area contributed by atoms with Crippen molar-refractivity contribution in [1.29, 1.82) is 0 Å². The number of hydrazine groups is 1. The second kappa shape index (κ2) is 9.78. The largest absolute Gasteiger partial charge is 0.497 e. The van der Waals surface area contributed by atoms with E-state index in [9.17, 15) is 9.59 Å². The molecule has 9 heteroatoms. The molecule has 0 fully saturated rings. The smallest absolute Gasteiger partial charge is 0.337 e. The SMILES string of the molecule is CNC(=O)c1cc(Oc2cccc(NNC(=O)Nc3ccc(OC)cc3)c2)ccn1. The highest BCUT2D eigenvalue weighted by Gasteiger charge is 2.07. The molecule has 3 amide bonds. The summed E-state index contributed by atoms with van der Waals surface area (Å²) in [7, 11) is 3.11. The van der Waals surface area contributed by atoms with Crippen molar-refractivity contribution in [3.8, 4) is 17.2 Å². The zero-order valence-corrected chi connectivity index (χ0v) is 16.4. The Hall–Kier alpha value is -4.27. The van der Waals surface area contributed by atoms with Crippen molar-refractivity contribution in [2.45, 2.75) is 0 Å². The lowest BCUT2D eigenvalue weighted by Crippen LogP contribution is -2.33. The zero-order valence-electron chi connectivity index (χ0n) is 16.4. The van der Waals surface area contributed by atoms with Gasteiger partial charge in [0.15, 0.2) is 0 Å². The Kier molecular flexibility index (Phi) is 6.67. The molecule has 1 heterocycles. The van der Waals surface area contributed by atoms with Crippen LogP contribution in [-0.2, 0) is 0 Å². The van der Waals surface area contributed by atoms with Crippen LogP contribution in [0, 0.1) is 0 Å². The van der Waals surface area contributed by atoms with Gasteiger partial charge in [0.1, 0.15) is 22.9 Å². The molecule has 0 saturated heterocycles. The lowest BCUT2D eigenvalue weighted by molar-refractivity contribution is 0.0958. The molecule has 30 heavy (non-hydrogen) atoms. The zero-order chi connectivity index (χ0) is 21.3. The molecule has 0 atom stereocenters. The van der Waals surface area contributed by atoms with Gasteiger partial charge in [0, 0.05) is 31.1 Å². The molecule has 4 N–H and O–H groups in total. The van der Waals surface area contributed by atoms with E-state index in [0.717, 1.165) is 0 Å². The van der Waals surface area contributed by atoms with Crippen LogP contribution in [0.4, 0.5) is 16.2 Å². The van der Waals surface area contributed by atoms with Crippen molar-refractivity contribution in [3.63, 3.8) is 0 Å². The van der Waals surface area contributed by atoms with Gasteiger partial charge in [-0.2, -0.15) is 0 Å². The van der Waals surface area contributed by atoms with Crippen molar-refractivity contribution in [2.24, 2.45) is 0 Å². The van der Waals surface area contributed by atoms with Gasteiger partial charge in [0.2, 0.25) is 0 Å². The first-order valence-corrected chi connectivity index (χ1v) is 9.00. The summed E-state index contributed by atoms with van der Waals surface area (Å²) in [5.74, 6) is 1.38. The normalized spacial score (nSPS) is 9.93. The van der Waals surface area contributed by atoms with E-state index in [2.05, 4.69) is 26.5 Å². The van der Waals surface area contributed by atoms with Crippen molar-refractivity contribution in [3.05, 3.63) is 72.6 Å². The minimum absolute atomic E-state index is 0.251. The minimum Gasteiger partial charge on any atom is -0.497 e. The molecule has 0 aliphatic rings. The Morgan fingerprint density at radius 1 is 0.900 bits per heavy atom. The number of pyridine rings is 1. The Labute approximate surface area is 173 Å². The minimum atomic E-state index is -0.434. The highest BCUT2D eigenvalue weighted by molar-refractivity contribution is 5.92. The monoisotopic (exact) mass is 407 g/mol. The number of ether oxygens (including phenoxy) is 2. The van der Waals surface area contributed by atoms with Gasteiger partial charge in [0.05, 0.1) is 12.8 Å². The summed E-state index contributed by atoms with van der Waals surface area (Å²) >= 11 is 0. The second-order valence-electron chi connectivity index (χ2n) is 6.02. The van der Waals surface area contributed by atoms with Gasteiger partial charge in [0.25, 0.3) is 5.91 Å². The first kappa shape index (κ1) is 20.5. The fourth-order valence-corrected chi connectivity index (χ4v) is 2.47. The number of carbonyl (C=O) groups is 2. The van der Waals surface area contributed by atoms with Gasteiger partial charge in [-0.3, -0.25) is 20.6 Å². The predicted octanol–water partition coefficient (Wildman–Crippen LogP) is 3.39.